The zero-order valence-corrected chi connectivity index (χ0v) is 11.9. The fraction of sp³-hybridized carbons (Fsp3) is 0.750. The van der Waals surface area contributed by atoms with E-state index in [0.29, 0.717) is 39.3 Å². The highest BCUT2D eigenvalue weighted by atomic mass is 16.5. The van der Waals surface area contributed by atoms with Gasteiger partial charge in [0.2, 0.25) is 5.91 Å². The van der Waals surface area contributed by atoms with Gasteiger partial charge >= 0.3 is 11.8 Å². The molecule has 0 bridgehead atoms. The van der Waals surface area contributed by atoms with Crippen LogP contribution in [0.4, 0.5) is 0 Å². The predicted octanol–water partition coefficient (Wildman–Crippen LogP) is -2.31. The standard InChI is InChI=1S/C12H22N4O4/c1-9(10(17)14-5-8-20-2)15-11(18)12(19)16-6-3-13-4-7-16/h9,13H,3-8H2,1-2H3,(H,14,17)(H,15,18). The van der Waals surface area contributed by atoms with Gasteiger partial charge in [0, 0.05) is 39.8 Å². The van der Waals surface area contributed by atoms with Crippen molar-refractivity contribution in [2.45, 2.75) is 13.0 Å². The number of hydrogen-bond acceptors (Lipinski definition) is 5. The molecule has 8 nitrogen and oxygen atoms in total. The molecule has 1 unspecified atom stereocenters. The molecule has 1 aliphatic heterocycles. The summed E-state index contributed by atoms with van der Waals surface area (Å²) in [5.74, 6) is -1.69. The second-order valence-electron chi connectivity index (χ2n) is 4.52. The third-order valence-corrected chi connectivity index (χ3v) is 2.94. The highest BCUT2D eigenvalue weighted by Crippen LogP contribution is 1.94. The molecule has 0 aromatic rings. The molecule has 1 heterocycles. The van der Waals surface area contributed by atoms with E-state index in [-0.39, 0.29) is 5.91 Å². The molecule has 0 aromatic heterocycles. The Bertz CT molecular complexity index is 355. The van der Waals surface area contributed by atoms with Crippen molar-refractivity contribution < 1.29 is 19.1 Å². The summed E-state index contributed by atoms with van der Waals surface area (Å²) >= 11 is 0. The number of methoxy groups -OCH3 is 1. The summed E-state index contributed by atoms with van der Waals surface area (Å²) in [6.07, 6.45) is 0. The van der Waals surface area contributed by atoms with Crippen LogP contribution in [0.2, 0.25) is 0 Å². The van der Waals surface area contributed by atoms with Crippen LogP contribution in [0.3, 0.4) is 0 Å². The Hall–Kier alpha value is -1.67. The van der Waals surface area contributed by atoms with Gasteiger partial charge in [-0.05, 0) is 6.92 Å². The Kier molecular flexibility index (Phi) is 6.96. The van der Waals surface area contributed by atoms with Crippen LogP contribution in [0.15, 0.2) is 0 Å². The van der Waals surface area contributed by atoms with Crippen molar-refractivity contribution in [3.05, 3.63) is 0 Å². The third-order valence-electron chi connectivity index (χ3n) is 2.94. The van der Waals surface area contributed by atoms with Gasteiger partial charge in [-0.15, -0.1) is 0 Å². The van der Waals surface area contributed by atoms with Gasteiger partial charge in [0.05, 0.1) is 6.61 Å². The molecule has 114 valence electrons. The number of rotatable bonds is 5. The van der Waals surface area contributed by atoms with Crippen molar-refractivity contribution in [3.63, 3.8) is 0 Å². The van der Waals surface area contributed by atoms with E-state index in [2.05, 4.69) is 16.0 Å². The van der Waals surface area contributed by atoms with Crippen molar-refractivity contribution in [3.8, 4) is 0 Å². The summed E-state index contributed by atoms with van der Waals surface area (Å²) in [5.41, 5.74) is 0. The van der Waals surface area contributed by atoms with Gasteiger partial charge in [-0.3, -0.25) is 14.4 Å². The molecule has 3 N–H and O–H groups in total. The van der Waals surface area contributed by atoms with E-state index in [0.717, 1.165) is 0 Å². The molecule has 0 radical (unpaired) electrons. The van der Waals surface area contributed by atoms with Gasteiger partial charge in [-0.25, -0.2) is 0 Å². The summed E-state index contributed by atoms with van der Waals surface area (Å²) in [7, 11) is 1.53. The van der Waals surface area contributed by atoms with Gasteiger partial charge in [0.1, 0.15) is 6.04 Å². The zero-order chi connectivity index (χ0) is 15.0. The Morgan fingerprint density at radius 1 is 1.30 bits per heavy atom. The van der Waals surface area contributed by atoms with Crippen molar-refractivity contribution in [1.29, 1.82) is 0 Å². The first-order valence-corrected chi connectivity index (χ1v) is 6.63. The second kappa shape index (κ2) is 8.49. The minimum atomic E-state index is -0.758. The monoisotopic (exact) mass is 286 g/mol. The van der Waals surface area contributed by atoms with Gasteiger partial charge in [-0.2, -0.15) is 0 Å². The SMILES string of the molecule is COCCNC(=O)C(C)NC(=O)C(=O)N1CCNCC1. The molecule has 1 aliphatic rings. The van der Waals surface area contributed by atoms with Crippen LogP contribution in [0.5, 0.6) is 0 Å². The molecule has 0 aliphatic carbocycles. The summed E-state index contributed by atoms with van der Waals surface area (Å²) in [5, 5.41) is 8.09. The number of nitrogens with zero attached hydrogens (tertiary/aromatic N) is 1. The van der Waals surface area contributed by atoms with Gasteiger partial charge < -0.3 is 25.6 Å². The van der Waals surface area contributed by atoms with E-state index >= 15 is 0 Å². The lowest BCUT2D eigenvalue weighted by atomic mass is 10.3. The summed E-state index contributed by atoms with van der Waals surface area (Å²) in [6, 6.07) is -0.758. The van der Waals surface area contributed by atoms with E-state index in [1.807, 2.05) is 0 Å². The number of ether oxygens (including phenoxy) is 1. The molecular weight excluding hydrogens is 264 g/mol. The minimum absolute atomic E-state index is 0.344. The quantitative estimate of drug-likeness (QED) is 0.389. The van der Waals surface area contributed by atoms with Crippen LogP contribution in [0, 0.1) is 0 Å². The van der Waals surface area contributed by atoms with Crippen LogP contribution in [-0.2, 0) is 19.1 Å². The van der Waals surface area contributed by atoms with Crippen molar-refractivity contribution in [2.24, 2.45) is 0 Å². The highest BCUT2D eigenvalue weighted by Gasteiger charge is 2.25. The maximum atomic E-state index is 11.9. The lowest BCUT2D eigenvalue weighted by Crippen LogP contribution is -2.54. The molecule has 1 rings (SSSR count). The summed E-state index contributed by atoms with van der Waals surface area (Å²) in [4.78, 5) is 36.7. The van der Waals surface area contributed by atoms with Crippen LogP contribution in [0.1, 0.15) is 6.92 Å². The lowest BCUT2D eigenvalue weighted by Gasteiger charge is -2.27. The maximum Gasteiger partial charge on any atom is 0.311 e. The first kappa shape index (κ1) is 16.4. The smallest absolute Gasteiger partial charge is 0.311 e. The number of carbonyl (C=O) groups is 3. The molecule has 1 atom stereocenters. The minimum Gasteiger partial charge on any atom is -0.383 e. The fourth-order valence-corrected chi connectivity index (χ4v) is 1.76. The molecule has 0 spiro atoms. The van der Waals surface area contributed by atoms with Crippen molar-refractivity contribution >= 4 is 17.7 Å². The van der Waals surface area contributed by atoms with Crippen LogP contribution in [-0.4, -0.2) is 75.1 Å². The summed E-state index contributed by atoms with van der Waals surface area (Å²) < 4.78 is 4.80. The Morgan fingerprint density at radius 2 is 1.95 bits per heavy atom. The molecule has 0 saturated carbocycles. The average Bonchev–Trinajstić information content (AvgIpc) is 2.47. The number of carbonyl (C=O) groups excluding carboxylic acids is 3. The molecule has 8 heteroatoms. The number of hydrogen-bond donors (Lipinski definition) is 3. The number of amides is 3. The highest BCUT2D eigenvalue weighted by molar-refractivity contribution is 6.35. The van der Waals surface area contributed by atoms with E-state index in [4.69, 9.17) is 4.74 Å². The maximum absolute atomic E-state index is 11.9. The predicted molar refractivity (Wildman–Crippen MR) is 71.9 cm³/mol. The number of nitrogens with one attached hydrogen (secondary N) is 3. The Labute approximate surface area is 118 Å². The molecular formula is C12H22N4O4. The van der Waals surface area contributed by atoms with Crippen molar-refractivity contribution in [1.82, 2.24) is 20.9 Å². The third kappa shape index (κ3) is 5.14. The second-order valence-corrected chi connectivity index (χ2v) is 4.52. The van der Waals surface area contributed by atoms with E-state index in [9.17, 15) is 14.4 Å². The van der Waals surface area contributed by atoms with Crippen LogP contribution >= 0.6 is 0 Å². The van der Waals surface area contributed by atoms with Crippen LogP contribution in [0.25, 0.3) is 0 Å². The van der Waals surface area contributed by atoms with Crippen LogP contribution < -0.4 is 16.0 Å². The first-order chi connectivity index (χ1) is 9.56. The van der Waals surface area contributed by atoms with Gasteiger partial charge in [-0.1, -0.05) is 0 Å². The molecule has 20 heavy (non-hydrogen) atoms. The fourth-order valence-electron chi connectivity index (χ4n) is 1.76. The largest absolute Gasteiger partial charge is 0.383 e. The van der Waals surface area contributed by atoms with Gasteiger partial charge in [0.25, 0.3) is 0 Å². The normalized spacial score (nSPS) is 16.4. The number of piperazine rings is 1. The molecule has 0 aromatic carbocycles. The zero-order valence-electron chi connectivity index (χ0n) is 11.9. The molecule has 1 saturated heterocycles. The Balaban J connectivity index is 2.36. The topological polar surface area (TPSA) is 99.8 Å². The van der Waals surface area contributed by atoms with Gasteiger partial charge in [0.15, 0.2) is 0 Å². The van der Waals surface area contributed by atoms with E-state index in [1.165, 1.54) is 18.9 Å². The van der Waals surface area contributed by atoms with E-state index in [1.54, 1.807) is 0 Å². The lowest BCUT2D eigenvalue weighted by molar-refractivity contribution is -0.147. The molecule has 1 fully saturated rings. The molecule has 3 amide bonds. The summed E-state index contributed by atoms with van der Waals surface area (Å²) in [6.45, 7) is 4.64. The Morgan fingerprint density at radius 3 is 2.55 bits per heavy atom. The first-order valence-electron chi connectivity index (χ1n) is 6.63. The average molecular weight is 286 g/mol. The van der Waals surface area contributed by atoms with Crippen molar-refractivity contribution in [2.75, 3.05) is 46.4 Å². The van der Waals surface area contributed by atoms with E-state index < -0.39 is 17.9 Å².